The molecule has 4 rings (SSSR count). The van der Waals surface area contributed by atoms with Crippen LogP contribution in [0.15, 0.2) is 47.3 Å². The van der Waals surface area contributed by atoms with Gasteiger partial charge in [0.15, 0.2) is 5.11 Å². The van der Waals surface area contributed by atoms with Gasteiger partial charge < -0.3 is 30.5 Å². The lowest BCUT2D eigenvalue weighted by Gasteiger charge is -2.44. The van der Waals surface area contributed by atoms with E-state index in [2.05, 4.69) is 10.6 Å². The molecule has 1 fully saturated rings. The molecular formula is C21H21Cl3N5O4S-. The van der Waals surface area contributed by atoms with Gasteiger partial charge >= 0.3 is 0 Å². The summed E-state index contributed by atoms with van der Waals surface area (Å²) in [5, 5.41) is 25.4. The second kappa shape index (κ2) is 9.88. The molecule has 1 amide bonds. The number of nitrogens with zero attached hydrogens (tertiary/aromatic N) is 3. The summed E-state index contributed by atoms with van der Waals surface area (Å²) < 4.78 is -0.104. The topological polar surface area (TPSA) is 113 Å². The SMILES string of the molecule is O=C(NC(NC(=S)N1CC2CC(C1)c1cccc(=O)n1C2)C(Cl)(Cl)Cl)c1ccc(N([O-])O)cc1. The van der Waals surface area contributed by atoms with Crippen molar-refractivity contribution in [2.24, 2.45) is 5.92 Å². The number of pyridine rings is 1. The molecule has 0 aliphatic carbocycles. The Labute approximate surface area is 215 Å². The number of hydrogen-bond donors (Lipinski definition) is 3. The van der Waals surface area contributed by atoms with Gasteiger partial charge in [0, 0.05) is 42.9 Å². The summed E-state index contributed by atoms with van der Waals surface area (Å²) in [5.74, 6) is -0.206. The zero-order chi connectivity index (χ0) is 24.6. The molecule has 9 nitrogen and oxygen atoms in total. The molecule has 1 saturated heterocycles. The van der Waals surface area contributed by atoms with Crippen LogP contribution in [0.1, 0.15) is 28.4 Å². The average Bonchev–Trinajstić information content (AvgIpc) is 2.78. The molecule has 2 aliphatic heterocycles. The Morgan fingerprint density at radius 3 is 2.50 bits per heavy atom. The van der Waals surface area contributed by atoms with Crippen molar-refractivity contribution in [3.63, 3.8) is 0 Å². The lowest BCUT2D eigenvalue weighted by Crippen LogP contribution is -2.60. The second-order valence-electron chi connectivity index (χ2n) is 8.32. The number of fused-ring (bicyclic) bond motifs is 4. The van der Waals surface area contributed by atoms with Gasteiger partial charge in [0.1, 0.15) is 6.17 Å². The number of rotatable bonds is 4. The Bertz CT molecular complexity index is 1140. The van der Waals surface area contributed by atoms with Gasteiger partial charge in [0.2, 0.25) is 3.79 Å². The highest BCUT2D eigenvalue weighted by Crippen LogP contribution is 2.35. The molecule has 3 unspecified atom stereocenters. The molecule has 0 spiro atoms. The first-order valence-electron chi connectivity index (χ1n) is 10.4. The van der Waals surface area contributed by atoms with Crippen LogP contribution in [0.4, 0.5) is 5.69 Å². The zero-order valence-corrected chi connectivity index (χ0v) is 20.7. The van der Waals surface area contributed by atoms with Crippen molar-refractivity contribution in [2.75, 3.05) is 18.3 Å². The predicted molar refractivity (Wildman–Crippen MR) is 134 cm³/mol. The number of piperidine rings is 1. The van der Waals surface area contributed by atoms with Crippen LogP contribution < -0.4 is 21.4 Å². The first kappa shape index (κ1) is 25.0. The minimum Gasteiger partial charge on any atom is -0.733 e. The van der Waals surface area contributed by atoms with Crippen LogP contribution in [-0.4, -0.2) is 48.7 Å². The Kier molecular flexibility index (Phi) is 7.28. The standard InChI is InChI=1S/C21H21Cl3N5O4S/c22-21(23,24)19(25-18(31)13-4-6-15(7-5-13)29(32)33)26-20(34)27-9-12-8-14(11-27)16-2-1-3-17(30)28(16)10-12/h1-7,12,14,19,32H,8-11H2,(H,25,31)(H,26,34)/q-1. The van der Waals surface area contributed by atoms with Crippen molar-refractivity contribution in [3.05, 3.63) is 69.3 Å². The average molecular weight is 546 g/mol. The van der Waals surface area contributed by atoms with Gasteiger partial charge in [-0.3, -0.25) is 14.8 Å². The maximum Gasteiger partial charge on any atom is 0.252 e. The van der Waals surface area contributed by atoms with Crippen molar-refractivity contribution in [2.45, 2.75) is 28.8 Å². The van der Waals surface area contributed by atoms with E-state index >= 15 is 0 Å². The molecule has 1 aromatic carbocycles. The third kappa shape index (κ3) is 5.42. The predicted octanol–water partition coefficient (Wildman–Crippen LogP) is 2.96. The monoisotopic (exact) mass is 544 g/mol. The van der Waals surface area contributed by atoms with E-state index < -0.39 is 15.9 Å². The number of thiocarbonyl (C=S) groups is 1. The van der Waals surface area contributed by atoms with Gasteiger partial charge in [-0.25, -0.2) is 0 Å². The molecule has 2 bridgehead atoms. The quantitative estimate of drug-likeness (QED) is 0.233. The van der Waals surface area contributed by atoms with E-state index in [1.807, 2.05) is 15.5 Å². The summed E-state index contributed by atoms with van der Waals surface area (Å²) in [6.45, 7) is 1.82. The second-order valence-corrected chi connectivity index (χ2v) is 11.1. The smallest absolute Gasteiger partial charge is 0.252 e. The number of carbonyl (C=O) groups is 1. The number of carbonyl (C=O) groups excluding carboxylic acids is 1. The van der Waals surface area contributed by atoms with Crippen LogP contribution in [-0.2, 0) is 6.54 Å². The van der Waals surface area contributed by atoms with E-state index in [0.29, 0.717) is 24.7 Å². The number of halogens is 3. The van der Waals surface area contributed by atoms with Crippen molar-refractivity contribution < 1.29 is 10.0 Å². The zero-order valence-electron chi connectivity index (χ0n) is 17.7. The summed E-state index contributed by atoms with van der Waals surface area (Å²) in [7, 11) is 0. The van der Waals surface area contributed by atoms with E-state index in [1.165, 1.54) is 24.3 Å². The number of benzene rings is 1. The number of anilines is 1. The maximum absolute atomic E-state index is 12.7. The van der Waals surface area contributed by atoms with Crippen LogP contribution >= 0.6 is 47.0 Å². The number of aromatic nitrogens is 1. The molecule has 34 heavy (non-hydrogen) atoms. The van der Waals surface area contributed by atoms with E-state index in [-0.39, 0.29) is 33.9 Å². The van der Waals surface area contributed by atoms with E-state index in [0.717, 1.165) is 12.1 Å². The van der Waals surface area contributed by atoms with Crippen molar-refractivity contribution in [1.29, 1.82) is 0 Å². The third-order valence-corrected chi connectivity index (χ3v) is 7.02. The summed E-state index contributed by atoms with van der Waals surface area (Å²) in [4.78, 5) is 26.9. The molecule has 2 aliphatic rings. The highest BCUT2D eigenvalue weighted by atomic mass is 35.6. The van der Waals surface area contributed by atoms with Gasteiger partial charge in [0.05, 0.1) is 5.69 Å². The van der Waals surface area contributed by atoms with Crippen LogP contribution in [0.25, 0.3) is 0 Å². The lowest BCUT2D eigenvalue weighted by atomic mass is 9.83. The molecule has 0 radical (unpaired) electrons. The normalized spacial score (nSPS) is 20.2. The van der Waals surface area contributed by atoms with Crippen LogP contribution in [0.2, 0.25) is 0 Å². The molecule has 2 aromatic rings. The maximum atomic E-state index is 12.7. The van der Waals surface area contributed by atoms with E-state index in [9.17, 15) is 14.8 Å². The molecule has 13 heteroatoms. The fourth-order valence-corrected chi connectivity index (χ4v) is 5.03. The summed E-state index contributed by atoms with van der Waals surface area (Å²) in [6, 6.07) is 10.5. The van der Waals surface area contributed by atoms with Crippen LogP contribution in [0.3, 0.4) is 0 Å². The molecule has 1 aromatic heterocycles. The van der Waals surface area contributed by atoms with Gasteiger partial charge in [-0.1, -0.05) is 40.9 Å². The molecule has 0 saturated carbocycles. The minimum atomic E-state index is -1.93. The molecular weight excluding hydrogens is 525 g/mol. The highest BCUT2D eigenvalue weighted by Gasteiger charge is 2.39. The number of alkyl halides is 3. The van der Waals surface area contributed by atoms with Crippen molar-refractivity contribution >= 4 is 63.7 Å². The first-order valence-corrected chi connectivity index (χ1v) is 12.0. The number of amides is 1. The first-order chi connectivity index (χ1) is 16.0. The van der Waals surface area contributed by atoms with Crippen molar-refractivity contribution in [3.8, 4) is 0 Å². The van der Waals surface area contributed by atoms with Gasteiger partial charge in [-0.2, -0.15) is 0 Å². The molecule has 3 atom stereocenters. The van der Waals surface area contributed by atoms with E-state index in [4.69, 9.17) is 52.2 Å². The fourth-order valence-electron chi connectivity index (χ4n) is 4.43. The minimum absolute atomic E-state index is 0.00434. The summed E-state index contributed by atoms with van der Waals surface area (Å²) in [6.07, 6.45) is -0.194. The Balaban J connectivity index is 1.45. The summed E-state index contributed by atoms with van der Waals surface area (Å²) >= 11 is 23.9. The Hall–Kier alpha value is -2.08. The highest BCUT2D eigenvalue weighted by molar-refractivity contribution is 7.80. The number of likely N-dealkylation sites (tertiary alicyclic amines) is 1. The fraction of sp³-hybridized carbons (Fsp3) is 0.381. The largest absolute Gasteiger partial charge is 0.733 e. The third-order valence-electron chi connectivity index (χ3n) is 5.99. The Morgan fingerprint density at radius 2 is 1.85 bits per heavy atom. The van der Waals surface area contributed by atoms with E-state index in [1.54, 1.807) is 12.1 Å². The number of hydrogen-bond acceptors (Lipinski definition) is 6. The Morgan fingerprint density at radius 1 is 1.15 bits per heavy atom. The lowest BCUT2D eigenvalue weighted by molar-refractivity contribution is 0.0932. The molecule has 3 N–H and O–H groups in total. The van der Waals surface area contributed by atoms with Gasteiger partial charge in [-0.05, 0) is 54.9 Å². The number of nitrogens with one attached hydrogen (secondary N) is 2. The molecule has 3 heterocycles. The van der Waals surface area contributed by atoms with Gasteiger partial charge in [-0.15, -0.1) is 0 Å². The van der Waals surface area contributed by atoms with Crippen LogP contribution in [0, 0.1) is 11.1 Å². The van der Waals surface area contributed by atoms with Crippen LogP contribution in [0.5, 0.6) is 0 Å². The molecule has 182 valence electrons. The van der Waals surface area contributed by atoms with Gasteiger partial charge in [0.25, 0.3) is 11.5 Å². The summed E-state index contributed by atoms with van der Waals surface area (Å²) in [5.41, 5.74) is 1.13. The van der Waals surface area contributed by atoms with Crippen molar-refractivity contribution in [1.82, 2.24) is 20.1 Å².